The van der Waals surface area contributed by atoms with Crippen LogP contribution in [0.3, 0.4) is 0 Å². The van der Waals surface area contributed by atoms with Gasteiger partial charge in [0.2, 0.25) is 5.88 Å². The van der Waals surface area contributed by atoms with Crippen LogP contribution in [0.4, 0.5) is 0 Å². The van der Waals surface area contributed by atoms with E-state index in [9.17, 15) is 4.79 Å². The Labute approximate surface area is 135 Å². The molecule has 0 bridgehead atoms. The highest BCUT2D eigenvalue weighted by Gasteiger charge is 2.16. The molecule has 0 saturated heterocycles. The van der Waals surface area contributed by atoms with Gasteiger partial charge in [0.1, 0.15) is 5.75 Å². The second-order valence-electron chi connectivity index (χ2n) is 6.17. The van der Waals surface area contributed by atoms with E-state index >= 15 is 0 Å². The third kappa shape index (κ3) is 4.95. The van der Waals surface area contributed by atoms with Crippen LogP contribution < -0.4 is 14.8 Å². The zero-order chi connectivity index (χ0) is 17.0. The number of aryl methyl sites for hydroxylation is 1. The number of aromatic nitrogens is 2. The summed E-state index contributed by atoms with van der Waals surface area (Å²) in [5.41, 5.74) is 0.937. The van der Waals surface area contributed by atoms with Gasteiger partial charge in [0.05, 0.1) is 7.11 Å². The Morgan fingerprint density at radius 1 is 1.17 bits per heavy atom. The van der Waals surface area contributed by atoms with E-state index in [2.05, 4.69) is 15.3 Å². The van der Waals surface area contributed by atoms with Gasteiger partial charge in [-0.2, -0.15) is 9.97 Å². The number of hydrogen-bond donors (Lipinski definition) is 1. The summed E-state index contributed by atoms with van der Waals surface area (Å²) in [6, 6.07) is 8.76. The maximum Gasteiger partial charge on any atom is 0.325 e. The summed E-state index contributed by atoms with van der Waals surface area (Å²) < 4.78 is 10.7. The smallest absolute Gasteiger partial charge is 0.325 e. The Morgan fingerprint density at radius 3 is 2.57 bits per heavy atom. The van der Waals surface area contributed by atoms with Crippen LogP contribution in [0.1, 0.15) is 36.8 Å². The summed E-state index contributed by atoms with van der Waals surface area (Å²) in [4.78, 5) is 20.5. The minimum absolute atomic E-state index is 0.161. The average Bonchev–Trinajstić information content (AvgIpc) is 2.45. The van der Waals surface area contributed by atoms with Gasteiger partial charge >= 0.3 is 6.01 Å². The van der Waals surface area contributed by atoms with Crippen LogP contribution in [0, 0.1) is 6.92 Å². The molecule has 1 heterocycles. The van der Waals surface area contributed by atoms with E-state index in [1.807, 2.05) is 27.7 Å². The number of amides is 1. The average molecular weight is 315 g/mol. The van der Waals surface area contributed by atoms with E-state index in [1.165, 1.54) is 7.11 Å². The van der Waals surface area contributed by atoms with Crippen LogP contribution in [-0.4, -0.2) is 28.5 Å². The molecule has 0 aliphatic heterocycles. The molecular weight excluding hydrogens is 294 g/mol. The van der Waals surface area contributed by atoms with Crippen molar-refractivity contribution in [1.29, 1.82) is 0 Å². The van der Waals surface area contributed by atoms with Crippen LogP contribution in [-0.2, 0) is 0 Å². The minimum Gasteiger partial charge on any atom is -0.481 e. The van der Waals surface area contributed by atoms with Crippen LogP contribution in [0.25, 0.3) is 0 Å². The number of carbonyl (C=O) groups excluding carboxylic acids is 1. The molecule has 1 aromatic carbocycles. The molecule has 0 radical (unpaired) electrons. The summed E-state index contributed by atoms with van der Waals surface area (Å²) in [6.07, 6.45) is 0. The fourth-order valence-corrected chi connectivity index (χ4v) is 1.88. The first-order valence-electron chi connectivity index (χ1n) is 7.27. The van der Waals surface area contributed by atoms with Crippen LogP contribution in [0.5, 0.6) is 17.6 Å². The predicted octanol–water partition coefficient (Wildman–Crippen LogP) is 3.11. The molecule has 1 amide bonds. The van der Waals surface area contributed by atoms with Crippen LogP contribution >= 0.6 is 0 Å². The van der Waals surface area contributed by atoms with E-state index in [-0.39, 0.29) is 17.5 Å². The lowest BCUT2D eigenvalue weighted by Gasteiger charge is -2.20. The molecule has 2 aromatic rings. The van der Waals surface area contributed by atoms with Crippen molar-refractivity contribution in [3.8, 4) is 17.6 Å². The number of ether oxygens (including phenoxy) is 2. The van der Waals surface area contributed by atoms with Gasteiger partial charge < -0.3 is 14.8 Å². The normalized spacial score (nSPS) is 11.0. The lowest BCUT2D eigenvalue weighted by atomic mass is 10.1. The van der Waals surface area contributed by atoms with Gasteiger partial charge in [-0.25, -0.2) is 0 Å². The third-order valence-corrected chi connectivity index (χ3v) is 2.81. The zero-order valence-corrected chi connectivity index (χ0v) is 14.0. The lowest BCUT2D eigenvalue weighted by molar-refractivity contribution is 0.0919. The van der Waals surface area contributed by atoms with Crippen LogP contribution in [0.15, 0.2) is 30.3 Å². The molecule has 0 aliphatic rings. The minimum atomic E-state index is -0.305. The van der Waals surface area contributed by atoms with Crippen molar-refractivity contribution in [3.63, 3.8) is 0 Å². The summed E-state index contributed by atoms with van der Waals surface area (Å²) in [5.74, 6) is 0.749. The first-order valence-corrected chi connectivity index (χ1v) is 7.27. The SMILES string of the molecule is COc1cc(C)nc(Oc2cccc(C(=O)NC(C)(C)C)c2)n1. The van der Waals surface area contributed by atoms with E-state index in [4.69, 9.17) is 9.47 Å². The Kier molecular flexibility index (Phi) is 4.83. The highest BCUT2D eigenvalue weighted by molar-refractivity contribution is 5.95. The molecule has 0 atom stereocenters. The number of rotatable bonds is 4. The van der Waals surface area contributed by atoms with Gasteiger partial charge in [-0.05, 0) is 45.9 Å². The fraction of sp³-hybridized carbons (Fsp3) is 0.353. The second kappa shape index (κ2) is 6.64. The van der Waals surface area contributed by atoms with Crippen molar-refractivity contribution in [3.05, 3.63) is 41.6 Å². The van der Waals surface area contributed by atoms with Crippen molar-refractivity contribution < 1.29 is 14.3 Å². The number of hydrogen-bond acceptors (Lipinski definition) is 5. The summed E-state index contributed by atoms with van der Waals surface area (Å²) >= 11 is 0. The van der Waals surface area contributed by atoms with Crippen molar-refractivity contribution >= 4 is 5.91 Å². The summed E-state index contributed by atoms with van der Waals surface area (Å²) in [6.45, 7) is 7.61. The Bertz CT molecular complexity index is 708. The number of nitrogens with one attached hydrogen (secondary N) is 1. The van der Waals surface area contributed by atoms with Gasteiger partial charge in [0.25, 0.3) is 5.91 Å². The summed E-state index contributed by atoms with van der Waals surface area (Å²) in [7, 11) is 1.53. The predicted molar refractivity (Wildman–Crippen MR) is 87.1 cm³/mol. The molecular formula is C17H21N3O3. The van der Waals surface area contributed by atoms with E-state index < -0.39 is 0 Å². The first-order chi connectivity index (χ1) is 10.8. The highest BCUT2D eigenvalue weighted by Crippen LogP contribution is 2.22. The quantitative estimate of drug-likeness (QED) is 0.938. The molecule has 6 heteroatoms. The third-order valence-electron chi connectivity index (χ3n) is 2.81. The van der Waals surface area contributed by atoms with E-state index in [1.54, 1.807) is 30.3 Å². The van der Waals surface area contributed by atoms with Crippen molar-refractivity contribution in [2.24, 2.45) is 0 Å². The maximum absolute atomic E-state index is 12.2. The lowest BCUT2D eigenvalue weighted by Crippen LogP contribution is -2.40. The molecule has 1 N–H and O–H groups in total. The molecule has 0 fully saturated rings. The number of carbonyl (C=O) groups is 1. The van der Waals surface area contributed by atoms with Gasteiger partial charge in [0, 0.05) is 22.9 Å². The van der Waals surface area contributed by atoms with Crippen molar-refractivity contribution in [2.75, 3.05) is 7.11 Å². The monoisotopic (exact) mass is 315 g/mol. The van der Waals surface area contributed by atoms with Gasteiger partial charge in [-0.1, -0.05) is 6.07 Å². The molecule has 23 heavy (non-hydrogen) atoms. The van der Waals surface area contributed by atoms with E-state index in [0.29, 0.717) is 17.2 Å². The summed E-state index contributed by atoms with van der Waals surface area (Å²) in [5, 5.41) is 2.91. The van der Waals surface area contributed by atoms with Crippen LogP contribution in [0.2, 0.25) is 0 Å². The maximum atomic E-state index is 12.2. The topological polar surface area (TPSA) is 73.3 Å². The zero-order valence-electron chi connectivity index (χ0n) is 14.0. The molecule has 0 unspecified atom stereocenters. The largest absolute Gasteiger partial charge is 0.481 e. The number of methoxy groups -OCH3 is 1. The standard InChI is InChI=1S/C17H21N3O3/c1-11-9-14(22-5)19-16(18-11)23-13-8-6-7-12(10-13)15(21)20-17(2,3)4/h6-10H,1-5H3,(H,20,21). The molecule has 2 rings (SSSR count). The molecule has 1 aromatic heterocycles. The Morgan fingerprint density at radius 2 is 1.91 bits per heavy atom. The van der Waals surface area contributed by atoms with Crippen molar-refractivity contribution in [2.45, 2.75) is 33.2 Å². The van der Waals surface area contributed by atoms with Gasteiger partial charge in [-0.3, -0.25) is 4.79 Å². The van der Waals surface area contributed by atoms with Crippen molar-refractivity contribution in [1.82, 2.24) is 15.3 Å². The Hall–Kier alpha value is -2.63. The highest BCUT2D eigenvalue weighted by atomic mass is 16.5. The second-order valence-corrected chi connectivity index (χ2v) is 6.17. The number of benzene rings is 1. The van der Waals surface area contributed by atoms with E-state index in [0.717, 1.165) is 5.69 Å². The fourth-order valence-electron chi connectivity index (χ4n) is 1.88. The van der Waals surface area contributed by atoms with Gasteiger partial charge in [-0.15, -0.1) is 0 Å². The molecule has 6 nitrogen and oxygen atoms in total. The Balaban J connectivity index is 2.20. The number of nitrogens with zero attached hydrogens (tertiary/aromatic N) is 2. The van der Waals surface area contributed by atoms with Gasteiger partial charge in [0.15, 0.2) is 0 Å². The molecule has 0 saturated carbocycles. The molecule has 122 valence electrons. The molecule has 0 aliphatic carbocycles. The molecule has 0 spiro atoms. The first kappa shape index (κ1) is 16.7.